The van der Waals surface area contributed by atoms with E-state index >= 15 is 0 Å². The molecule has 0 aliphatic carbocycles. The number of carbonyl (C=O) groups is 1. The number of aliphatic hydroxyl groups excluding tert-OH is 5. The second-order valence-electron chi connectivity index (χ2n) is 23.6. The van der Waals surface area contributed by atoms with Gasteiger partial charge in [0.25, 0.3) is 0 Å². The third-order valence-corrected chi connectivity index (χ3v) is 15.9. The molecule has 0 aromatic heterocycles. The number of ether oxygens (including phenoxy) is 2. The molecule has 6 N–H and O–H groups in total. The molecule has 1 rings (SSSR count). The predicted molar refractivity (Wildman–Crippen MR) is 354 cm³/mol. The van der Waals surface area contributed by atoms with Crippen LogP contribution in [0.15, 0.2) is 109 Å². The van der Waals surface area contributed by atoms with Crippen LogP contribution in [0, 0.1) is 0 Å². The number of carbonyl (C=O) groups excluding carboxylic acids is 1. The molecule has 1 aliphatic heterocycles. The van der Waals surface area contributed by atoms with Gasteiger partial charge in [0, 0.05) is 6.42 Å². The minimum atomic E-state index is -1.57. The predicted octanol–water partition coefficient (Wildman–Crippen LogP) is 18.9. The summed E-state index contributed by atoms with van der Waals surface area (Å²) in [7, 11) is 0. The third-order valence-electron chi connectivity index (χ3n) is 15.9. The molecule has 1 heterocycles. The van der Waals surface area contributed by atoms with E-state index < -0.39 is 49.5 Å². The van der Waals surface area contributed by atoms with Crippen LogP contribution >= 0.6 is 0 Å². The van der Waals surface area contributed by atoms with Crippen molar-refractivity contribution in [1.29, 1.82) is 0 Å². The van der Waals surface area contributed by atoms with E-state index in [0.29, 0.717) is 6.42 Å². The van der Waals surface area contributed by atoms with Crippen LogP contribution in [0.2, 0.25) is 0 Å². The molecule has 7 unspecified atom stereocenters. The van der Waals surface area contributed by atoms with E-state index in [1.165, 1.54) is 186 Å². The molecule has 0 aromatic rings. The van der Waals surface area contributed by atoms with Crippen molar-refractivity contribution < 1.29 is 39.8 Å². The van der Waals surface area contributed by atoms with E-state index in [4.69, 9.17) is 9.47 Å². The maximum atomic E-state index is 13.1. The lowest BCUT2D eigenvalue weighted by Gasteiger charge is -2.40. The molecule has 7 atom stereocenters. The van der Waals surface area contributed by atoms with Gasteiger partial charge in [0.2, 0.25) is 5.91 Å². The van der Waals surface area contributed by atoms with Crippen LogP contribution in [0.3, 0.4) is 0 Å². The maximum Gasteiger partial charge on any atom is 0.220 e. The van der Waals surface area contributed by atoms with Crippen molar-refractivity contribution in [3.05, 3.63) is 109 Å². The quantitative estimate of drug-likeness (QED) is 0.0261. The molecule has 1 fully saturated rings. The third kappa shape index (κ3) is 50.7. The van der Waals surface area contributed by atoms with Crippen molar-refractivity contribution in [2.45, 2.75) is 339 Å². The highest BCUT2D eigenvalue weighted by Crippen LogP contribution is 2.23. The second kappa shape index (κ2) is 61.9. The average Bonchev–Trinajstić information content (AvgIpc) is 3.61. The van der Waals surface area contributed by atoms with Crippen LogP contribution in [-0.4, -0.2) is 87.5 Å². The Morgan fingerprint density at radius 3 is 1.11 bits per heavy atom. The number of unbranched alkanes of at least 4 members (excludes halogenated alkanes) is 33. The number of hydrogen-bond acceptors (Lipinski definition) is 8. The van der Waals surface area contributed by atoms with Crippen LogP contribution in [-0.2, 0) is 14.3 Å². The number of allylic oxidation sites excluding steroid dienone is 17. The lowest BCUT2D eigenvalue weighted by molar-refractivity contribution is -0.302. The molecule has 1 aliphatic rings. The number of amides is 1. The summed E-state index contributed by atoms with van der Waals surface area (Å²) in [5, 5.41) is 54.7. The Bertz CT molecular complexity index is 1680. The first kappa shape index (κ1) is 77.9. The molecule has 0 aromatic carbocycles. The van der Waals surface area contributed by atoms with Crippen molar-refractivity contribution in [3.63, 3.8) is 0 Å². The summed E-state index contributed by atoms with van der Waals surface area (Å²) in [5.74, 6) is -0.177. The number of hydrogen-bond donors (Lipinski definition) is 6. The highest BCUT2D eigenvalue weighted by Gasteiger charge is 2.44. The molecule has 9 heteroatoms. The van der Waals surface area contributed by atoms with E-state index in [9.17, 15) is 30.3 Å². The maximum absolute atomic E-state index is 13.1. The molecule has 83 heavy (non-hydrogen) atoms. The standard InChI is InChI=1S/C74H129NO8/c1-3-5-7-9-11-13-15-17-19-21-23-24-25-26-27-28-29-30-31-32-33-34-35-36-37-38-39-40-41-42-43-44-46-48-50-52-54-56-58-60-62-64-70(78)75-67(66-82-74-73(81)72(80)71(79)69(65-76)83-74)68(77)63-61-59-57-55-53-51-49-47-45-22-20-18-16-14-12-10-8-6-4-2/h5,7,11,13,17,19,23-24,26-27,29-30,32-33,35-36,61,63,67-69,71-74,76-77,79-81H,3-4,6,8-10,12,14-16,18,20-22,25,28,31,34,37-60,62,64-66H2,1-2H3,(H,75,78)/b7-5-,13-11-,19-17-,24-23-,27-26-,30-29-,33-32-,36-35-,63-61+. The lowest BCUT2D eigenvalue weighted by Crippen LogP contribution is -2.60. The zero-order chi connectivity index (χ0) is 60.0. The molecule has 9 nitrogen and oxygen atoms in total. The fraction of sp³-hybridized carbons (Fsp3) is 0.743. The largest absolute Gasteiger partial charge is 0.394 e. The zero-order valence-electron chi connectivity index (χ0n) is 53.4. The van der Waals surface area contributed by atoms with Gasteiger partial charge in [0.1, 0.15) is 24.4 Å². The van der Waals surface area contributed by atoms with E-state index in [0.717, 1.165) is 89.9 Å². The molecule has 1 saturated heterocycles. The summed E-state index contributed by atoms with van der Waals surface area (Å²) in [6.07, 6.45) is 84.7. The molecular weight excluding hydrogens is 1030 g/mol. The Labute approximate surface area is 510 Å². The first-order valence-corrected chi connectivity index (χ1v) is 34.6. The van der Waals surface area contributed by atoms with Gasteiger partial charge in [-0.15, -0.1) is 0 Å². The summed E-state index contributed by atoms with van der Waals surface area (Å²) in [6.45, 7) is 3.69. The van der Waals surface area contributed by atoms with Crippen molar-refractivity contribution in [1.82, 2.24) is 5.32 Å². The first-order chi connectivity index (χ1) is 40.8. The van der Waals surface area contributed by atoms with Gasteiger partial charge in [-0.3, -0.25) is 4.79 Å². The van der Waals surface area contributed by atoms with Crippen molar-refractivity contribution in [2.75, 3.05) is 13.2 Å². The number of aliphatic hydroxyl groups is 5. The van der Waals surface area contributed by atoms with E-state index in [-0.39, 0.29) is 12.5 Å². The normalized spacial score (nSPS) is 19.0. The summed E-state index contributed by atoms with van der Waals surface area (Å²) in [6, 6.07) is -0.810. The molecule has 0 saturated carbocycles. The second-order valence-corrected chi connectivity index (χ2v) is 23.6. The Kier molecular flexibility index (Phi) is 58.1. The highest BCUT2D eigenvalue weighted by molar-refractivity contribution is 5.76. The summed E-state index contributed by atoms with van der Waals surface area (Å²) < 4.78 is 11.3. The molecule has 0 spiro atoms. The Morgan fingerprint density at radius 1 is 0.422 bits per heavy atom. The van der Waals surface area contributed by atoms with Crippen LogP contribution in [0.1, 0.15) is 296 Å². The number of nitrogens with one attached hydrogen (secondary N) is 1. The highest BCUT2D eigenvalue weighted by atomic mass is 16.7. The van der Waals surface area contributed by atoms with Gasteiger partial charge < -0.3 is 40.3 Å². The van der Waals surface area contributed by atoms with Gasteiger partial charge in [0.05, 0.1) is 25.4 Å². The minimum Gasteiger partial charge on any atom is -0.394 e. The molecular formula is C74H129NO8. The van der Waals surface area contributed by atoms with Crippen LogP contribution in [0.4, 0.5) is 0 Å². The molecule has 1 amide bonds. The van der Waals surface area contributed by atoms with Crippen LogP contribution < -0.4 is 5.32 Å². The fourth-order valence-electron chi connectivity index (χ4n) is 10.5. The van der Waals surface area contributed by atoms with Gasteiger partial charge in [-0.05, 0) is 83.5 Å². The van der Waals surface area contributed by atoms with Crippen molar-refractivity contribution in [3.8, 4) is 0 Å². The first-order valence-electron chi connectivity index (χ1n) is 34.6. The lowest BCUT2D eigenvalue weighted by atomic mass is 9.99. The smallest absolute Gasteiger partial charge is 0.220 e. The van der Waals surface area contributed by atoms with Crippen molar-refractivity contribution >= 4 is 5.91 Å². The summed E-state index contributed by atoms with van der Waals surface area (Å²) in [4.78, 5) is 13.1. The van der Waals surface area contributed by atoms with Gasteiger partial charge in [-0.25, -0.2) is 0 Å². The Hall–Kier alpha value is -3.15. The zero-order valence-corrected chi connectivity index (χ0v) is 53.4. The summed E-state index contributed by atoms with van der Waals surface area (Å²) in [5.41, 5.74) is 0. The number of rotatable bonds is 59. The van der Waals surface area contributed by atoms with Crippen LogP contribution in [0.25, 0.3) is 0 Å². The van der Waals surface area contributed by atoms with E-state index in [1.54, 1.807) is 6.08 Å². The van der Waals surface area contributed by atoms with Crippen LogP contribution in [0.5, 0.6) is 0 Å². The molecule has 0 bridgehead atoms. The SMILES string of the molecule is CC/C=C\C/C=C\C/C=C\C/C=C\C/C=C\C/C=C\C/C=C\C/C=C\CCCCCCCCCCCCCCCCCCC(=O)NC(COC1OC(CO)C(O)C(O)C1O)C(O)/C=C/CCCCCCCCCCCCCCCCCCC. The van der Waals surface area contributed by atoms with Gasteiger partial charge in [-0.1, -0.05) is 316 Å². The topological polar surface area (TPSA) is 149 Å². The van der Waals surface area contributed by atoms with Crippen molar-refractivity contribution in [2.24, 2.45) is 0 Å². The fourth-order valence-corrected chi connectivity index (χ4v) is 10.5. The van der Waals surface area contributed by atoms with Gasteiger partial charge in [-0.2, -0.15) is 0 Å². The van der Waals surface area contributed by atoms with Gasteiger partial charge >= 0.3 is 0 Å². The minimum absolute atomic E-state index is 0.177. The Morgan fingerprint density at radius 2 is 0.747 bits per heavy atom. The van der Waals surface area contributed by atoms with Gasteiger partial charge in [0.15, 0.2) is 6.29 Å². The van der Waals surface area contributed by atoms with E-state index in [2.05, 4.69) is 116 Å². The van der Waals surface area contributed by atoms with E-state index in [1.807, 2.05) is 6.08 Å². The monoisotopic (exact) mass is 1160 g/mol. The average molecular weight is 1160 g/mol. The molecule has 0 radical (unpaired) electrons. The Balaban J connectivity index is 2.10. The molecule has 478 valence electrons. The summed E-state index contributed by atoms with van der Waals surface area (Å²) >= 11 is 0.